The van der Waals surface area contributed by atoms with Gasteiger partial charge in [-0.1, -0.05) is 50.6 Å². The number of likely N-dealkylation sites (tertiary alicyclic amines) is 1. The minimum absolute atomic E-state index is 0. The molecule has 4 heteroatoms. The fourth-order valence-corrected chi connectivity index (χ4v) is 3.00. The molecule has 1 amide bonds. The number of amides is 1. The Balaban J connectivity index is 0.00000220. The van der Waals surface area contributed by atoms with E-state index in [4.69, 9.17) is 5.73 Å². The van der Waals surface area contributed by atoms with Crippen LogP contribution in [-0.2, 0) is 4.79 Å². The van der Waals surface area contributed by atoms with E-state index in [2.05, 4.69) is 6.92 Å². The van der Waals surface area contributed by atoms with Crippen LogP contribution in [0, 0.1) is 11.8 Å². The molecule has 2 rings (SSSR count). The second-order valence-electron chi connectivity index (χ2n) is 5.93. The zero-order chi connectivity index (χ0) is 14.5. The number of piperidine rings is 1. The third kappa shape index (κ3) is 4.45. The van der Waals surface area contributed by atoms with Gasteiger partial charge < -0.3 is 10.6 Å². The summed E-state index contributed by atoms with van der Waals surface area (Å²) in [5, 5.41) is 0. The van der Waals surface area contributed by atoms with Gasteiger partial charge in [-0.25, -0.2) is 0 Å². The van der Waals surface area contributed by atoms with Gasteiger partial charge in [-0.05, 0) is 24.3 Å². The fourth-order valence-electron chi connectivity index (χ4n) is 3.00. The molecule has 3 nitrogen and oxygen atoms in total. The van der Waals surface area contributed by atoms with Crippen LogP contribution in [0.2, 0.25) is 0 Å². The van der Waals surface area contributed by atoms with Crippen molar-refractivity contribution in [3.05, 3.63) is 35.9 Å². The Bertz CT molecular complexity index is 438. The van der Waals surface area contributed by atoms with Crippen molar-refractivity contribution in [2.24, 2.45) is 17.6 Å². The van der Waals surface area contributed by atoms with Gasteiger partial charge in [-0.2, -0.15) is 0 Å². The van der Waals surface area contributed by atoms with Crippen LogP contribution >= 0.6 is 12.4 Å². The van der Waals surface area contributed by atoms with Crippen molar-refractivity contribution in [1.82, 2.24) is 4.90 Å². The molecular weight excluding hydrogens is 284 g/mol. The highest BCUT2D eigenvalue weighted by atomic mass is 35.5. The predicted octanol–water partition coefficient (Wildman–Crippen LogP) is 3.39. The molecule has 1 aromatic carbocycles. The molecule has 0 spiro atoms. The molecule has 3 atom stereocenters. The molecule has 1 saturated heterocycles. The van der Waals surface area contributed by atoms with Crippen LogP contribution in [0.3, 0.4) is 0 Å². The molecule has 21 heavy (non-hydrogen) atoms. The number of carbonyl (C=O) groups is 1. The van der Waals surface area contributed by atoms with Crippen molar-refractivity contribution >= 4 is 18.3 Å². The first-order valence-corrected chi connectivity index (χ1v) is 7.72. The standard InChI is InChI=1S/C17H26N2O.ClH/c1-3-14-8-7-11-19(12-14)17(20)13(2)16(18)15-9-5-4-6-10-15;/h4-6,9-10,13-14,16H,3,7-8,11-12,18H2,1-2H3;1H. The van der Waals surface area contributed by atoms with Crippen molar-refractivity contribution < 1.29 is 4.79 Å². The van der Waals surface area contributed by atoms with Gasteiger partial charge in [0.05, 0.1) is 5.92 Å². The van der Waals surface area contributed by atoms with Crippen molar-refractivity contribution in [3.63, 3.8) is 0 Å². The molecule has 0 aromatic heterocycles. The summed E-state index contributed by atoms with van der Waals surface area (Å²) in [5.74, 6) is 0.709. The summed E-state index contributed by atoms with van der Waals surface area (Å²) in [4.78, 5) is 14.6. The lowest BCUT2D eigenvalue weighted by atomic mass is 9.91. The van der Waals surface area contributed by atoms with Gasteiger partial charge in [0.1, 0.15) is 0 Å². The van der Waals surface area contributed by atoms with Gasteiger partial charge in [0.25, 0.3) is 0 Å². The van der Waals surface area contributed by atoms with E-state index in [0.717, 1.165) is 31.5 Å². The number of rotatable bonds is 4. The molecule has 1 aliphatic heterocycles. The summed E-state index contributed by atoms with van der Waals surface area (Å²) in [6, 6.07) is 9.70. The molecule has 0 saturated carbocycles. The summed E-state index contributed by atoms with van der Waals surface area (Å²) < 4.78 is 0. The topological polar surface area (TPSA) is 46.3 Å². The molecule has 0 aliphatic carbocycles. The van der Waals surface area contributed by atoms with Crippen LogP contribution in [0.4, 0.5) is 0 Å². The number of nitrogens with two attached hydrogens (primary N) is 1. The summed E-state index contributed by atoms with van der Waals surface area (Å²) in [7, 11) is 0. The minimum Gasteiger partial charge on any atom is -0.342 e. The summed E-state index contributed by atoms with van der Waals surface area (Å²) in [5.41, 5.74) is 7.31. The lowest BCUT2D eigenvalue weighted by Gasteiger charge is -2.35. The van der Waals surface area contributed by atoms with E-state index in [1.807, 2.05) is 42.2 Å². The van der Waals surface area contributed by atoms with E-state index in [9.17, 15) is 4.79 Å². The number of halogens is 1. The van der Waals surface area contributed by atoms with Crippen LogP contribution in [0.1, 0.15) is 44.7 Å². The second-order valence-corrected chi connectivity index (χ2v) is 5.93. The maximum absolute atomic E-state index is 12.6. The first-order valence-electron chi connectivity index (χ1n) is 7.72. The Morgan fingerprint density at radius 2 is 2.05 bits per heavy atom. The molecule has 1 fully saturated rings. The number of carbonyl (C=O) groups excluding carboxylic acids is 1. The zero-order valence-corrected chi connectivity index (χ0v) is 13.8. The Morgan fingerprint density at radius 3 is 2.67 bits per heavy atom. The third-order valence-corrected chi connectivity index (χ3v) is 4.52. The molecule has 0 radical (unpaired) electrons. The monoisotopic (exact) mass is 310 g/mol. The van der Waals surface area contributed by atoms with E-state index in [-0.39, 0.29) is 30.3 Å². The van der Waals surface area contributed by atoms with E-state index in [0.29, 0.717) is 5.92 Å². The van der Waals surface area contributed by atoms with Gasteiger partial charge in [0, 0.05) is 19.1 Å². The van der Waals surface area contributed by atoms with E-state index < -0.39 is 0 Å². The Kier molecular flexibility index (Phi) is 7.20. The van der Waals surface area contributed by atoms with E-state index in [1.54, 1.807) is 0 Å². The van der Waals surface area contributed by atoms with Gasteiger partial charge in [-0.15, -0.1) is 12.4 Å². The Labute approximate surface area is 134 Å². The Morgan fingerprint density at radius 1 is 1.38 bits per heavy atom. The Hall–Kier alpha value is -1.06. The van der Waals surface area contributed by atoms with Crippen LogP contribution < -0.4 is 5.73 Å². The third-order valence-electron chi connectivity index (χ3n) is 4.52. The van der Waals surface area contributed by atoms with E-state index >= 15 is 0 Å². The summed E-state index contributed by atoms with van der Waals surface area (Å²) >= 11 is 0. The SMILES string of the molecule is CCC1CCCN(C(=O)C(C)C(N)c2ccccc2)C1.Cl. The van der Waals surface area contributed by atoms with Crippen LogP contribution in [0.5, 0.6) is 0 Å². The number of nitrogens with zero attached hydrogens (tertiary/aromatic N) is 1. The number of hydrogen-bond acceptors (Lipinski definition) is 2. The van der Waals surface area contributed by atoms with Crippen LogP contribution in [0.15, 0.2) is 30.3 Å². The van der Waals surface area contributed by atoms with Gasteiger partial charge in [0.15, 0.2) is 0 Å². The van der Waals surface area contributed by atoms with Gasteiger partial charge in [0.2, 0.25) is 5.91 Å². The fraction of sp³-hybridized carbons (Fsp3) is 0.588. The van der Waals surface area contributed by atoms with Crippen molar-refractivity contribution in [2.45, 2.75) is 39.2 Å². The van der Waals surface area contributed by atoms with Crippen molar-refractivity contribution in [2.75, 3.05) is 13.1 Å². The quantitative estimate of drug-likeness (QED) is 0.926. The van der Waals surface area contributed by atoms with Crippen LogP contribution in [0.25, 0.3) is 0 Å². The molecule has 0 bridgehead atoms. The molecule has 3 unspecified atom stereocenters. The molecule has 1 aromatic rings. The highest BCUT2D eigenvalue weighted by molar-refractivity contribution is 5.85. The molecule has 1 aliphatic rings. The van der Waals surface area contributed by atoms with Crippen molar-refractivity contribution in [3.8, 4) is 0 Å². The highest BCUT2D eigenvalue weighted by Gasteiger charge is 2.29. The highest BCUT2D eigenvalue weighted by Crippen LogP contribution is 2.25. The summed E-state index contributed by atoms with van der Waals surface area (Å²) in [6.07, 6.45) is 3.53. The minimum atomic E-state index is -0.217. The molecule has 2 N–H and O–H groups in total. The van der Waals surface area contributed by atoms with Crippen molar-refractivity contribution in [1.29, 1.82) is 0 Å². The maximum Gasteiger partial charge on any atom is 0.227 e. The summed E-state index contributed by atoms with van der Waals surface area (Å²) in [6.45, 7) is 5.95. The predicted molar refractivity (Wildman–Crippen MR) is 89.4 cm³/mol. The van der Waals surface area contributed by atoms with Gasteiger partial charge in [-0.3, -0.25) is 4.79 Å². The van der Waals surface area contributed by atoms with Crippen LogP contribution in [-0.4, -0.2) is 23.9 Å². The number of hydrogen-bond donors (Lipinski definition) is 1. The maximum atomic E-state index is 12.6. The average molecular weight is 311 g/mol. The zero-order valence-electron chi connectivity index (χ0n) is 13.0. The van der Waals surface area contributed by atoms with Gasteiger partial charge >= 0.3 is 0 Å². The lowest BCUT2D eigenvalue weighted by Crippen LogP contribution is -2.44. The molecule has 1 heterocycles. The number of benzene rings is 1. The average Bonchev–Trinajstić information content (AvgIpc) is 2.53. The molecular formula is C17H27ClN2O. The molecule has 118 valence electrons. The largest absolute Gasteiger partial charge is 0.342 e. The second kappa shape index (κ2) is 8.40. The normalized spacial score (nSPS) is 21.3. The first-order chi connectivity index (χ1) is 9.63. The van der Waals surface area contributed by atoms with E-state index in [1.165, 1.54) is 6.42 Å². The lowest BCUT2D eigenvalue weighted by molar-refractivity contribution is -0.137. The first kappa shape index (κ1) is 18.0. The smallest absolute Gasteiger partial charge is 0.227 e.